The maximum absolute atomic E-state index is 14.1. The molecule has 212 valence electrons. The first-order chi connectivity index (χ1) is 17.9. The standard InChI is InChI=1S/C29H46N4O5/c1-6-7-18-33(27(36)23(16-17-24(30)34)32-28(37)38-29(3,4)5)25(21-13-11-12-20(2)19-21)26(35)31-22-14-9-8-10-15-22/h11-13,19,22-23,25H,6-10,14-18H2,1-5H3,(H2,30,34)(H,31,35)(H,32,37). The Labute approximate surface area is 227 Å². The second kappa shape index (κ2) is 14.7. The van der Waals surface area contributed by atoms with Crippen LogP contribution in [0.3, 0.4) is 0 Å². The number of ether oxygens (including phenoxy) is 1. The van der Waals surface area contributed by atoms with Crippen LogP contribution in [-0.4, -0.2) is 52.9 Å². The summed E-state index contributed by atoms with van der Waals surface area (Å²) in [5, 5.41) is 5.82. The Balaban J connectivity index is 2.45. The predicted molar refractivity (Wildman–Crippen MR) is 147 cm³/mol. The molecule has 0 aliphatic heterocycles. The zero-order valence-corrected chi connectivity index (χ0v) is 23.7. The highest BCUT2D eigenvalue weighted by Gasteiger charge is 2.37. The number of carbonyl (C=O) groups is 4. The Kier molecular flexibility index (Phi) is 12.1. The third kappa shape index (κ3) is 10.3. The number of nitrogens with one attached hydrogen (secondary N) is 2. The van der Waals surface area contributed by atoms with Crippen molar-refractivity contribution in [3.8, 4) is 0 Å². The van der Waals surface area contributed by atoms with Crippen LogP contribution < -0.4 is 16.4 Å². The molecule has 0 bridgehead atoms. The van der Waals surface area contributed by atoms with E-state index in [0.717, 1.165) is 44.1 Å². The van der Waals surface area contributed by atoms with Gasteiger partial charge >= 0.3 is 6.09 Å². The summed E-state index contributed by atoms with van der Waals surface area (Å²) < 4.78 is 5.38. The lowest BCUT2D eigenvalue weighted by Gasteiger charge is -2.36. The number of alkyl carbamates (subject to hydrolysis) is 1. The van der Waals surface area contributed by atoms with Gasteiger partial charge in [-0.2, -0.15) is 0 Å². The number of hydrogen-bond donors (Lipinski definition) is 3. The van der Waals surface area contributed by atoms with E-state index in [1.165, 1.54) is 0 Å². The van der Waals surface area contributed by atoms with E-state index in [1.54, 1.807) is 25.7 Å². The van der Waals surface area contributed by atoms with Crippen molar-refractivity contribution in [2.24, 2.45) is 5.73 Å². The molecular weight excluding hydrogens is 484 g/mol. The highest BCUT2D eigenvalue weighted by Crippen LogP contribution is 2.26. The monoisotopic (exact) mass is 530 g/mol. The number of carbonyl (C=O) groups excluding carboxylic acids is 4. The van der Waals surface area contributed by atoms with Crippen LogP contribution in [0.15, 0.2) is 24.3 Å². The second-order valence-corrected chi connectivity index (χ2v) is 11.2. The minimum Gasteiger partial charge on any atom is -0.444 e. The van der Waals surface area contributed by atoms with Crippen molar-refractivity contribution in [3.05, 3.63) is 35.4 Å². The van der Waals surface area contributed by atoms with Crippen molar-refractivity contribution in [2.45, 2.75) is 116 Å². The number of unbranched alkanes of at least 4 members (excludes halogenated alkanes) is 1. The molecule has 4 N–H and O–H groups in total. The van der Waals surface area contributed by atoms with E-state index in [1.807, 2.05) is 38.1 Å². The molecular formula is C29H46N4O5. The third-order valence-corrected chi connectivity index (χ3v) is 6.57. The molecule has 1 aromatic rings. The molecule has 1 saturated carbocycles. The molecule has 4 amide bonds. The molecule has 0 spiro atoms. The fourth-order valence-electron chi connectivity index (χ4n) is 4.73. The first-order valence-electron chi connectivity index (χ1n) is 13.9. The van der Waals surface area contributed by atoms with Crippen molar-refractivity contribution in [2.75, 3.05) is 6.54 Å². The lowest BCUT2D eigenvalue weighted by atomic mass is 9.94. The molecule has 9 heteroatoms. The average Bonchev–Trinajstić information content (AvgIpc) is 2.83. The summed E-state index contributed by atoms with van der Waals surface area (Å²) in [7, 11) is 0. The molecule has 0 heterocycles. The van der Waals surface area contributed by atoms with Crippen molar-refractivity contribution < 1.29 is 23.9 Å². The molecule has 1 aliphatic rings. The molecule has 2 rings (SSSR count). The van der Waals surface area contributed by atoms with E-state index < -0.39 is 35.6 Å². The Hall–Kier alpha value is -3.10. The van der Waals surface area contributed by atoms with Crippen molar-refractivity contribution >= 4 is 23.8 Å². The van der Waals surface area contributed by atoms with Gasteiger partial charge in [-0.05, 0) is 58.9 Å². The molecule has 0 radical (unpaired) electrons. The van der Waals surface area contributed by atoms with Crippen LogP contribution >= 0.6 is 0 Å². The van der Waals surface area contributed by atoms with Crippen LogP contribution in [-0.2, 0) is 19.1 Å². The molecule has 9 nitrogen and oxygen atoms in total. The number of nitrogens with two attached hydrogens (primary N) is 1. The Bertz CT molecular complexity index is 953. The molecule has 2 atom stereocenters. The normalized spacial score (nSPS) is 15.7. The van der Waals surface area contributed by atoms with E-state index >= 15 is 0 Å². The summed E-state index contributed by atoms with van der Waals surface area (Å²) in [6.45, 7) is 9.44. The Morgan fingerprint density at radius 1 is 1.13 bits per heavy atom. The third-order valence-electron chi connectivity index (χ3n) is 6.57. The van der Waals surface area contributed by atoms with Gasteiger partial charge in [-0.3, -0.25) is 14.4 Å². The van der Waals surface area contributed by atoms with E-state index in [2.05, 4.69) is 10.6 Å². The van der Waals surface area contributed by atoms with Crippen molar-refractivity contribution in [1.82, 2.24) is 15.5 Å². The van der Waals surface area contributed by atoms with Gasteiger partial charge in [0.2, 0.25) is 17.7 Å². The average molecular weight is 531 g/mol. The number of benzene rings is 1. The topological polar surface area (TPSA) is 131 Å². The summed E-state index contributed by atoms with van der Waals surface area (Å²) in [5.41, 5.74) is 6.28. The lowest BCUT2D eigenvalue weighted by Crippen LogP contribution is -2.54. The fourth-order valence-corrected chi connectivity index (χ4v) is 4.73. The Morgan fingerprint density at radius 2 is 1.82 bits per heavy atom. The highest BCUT2D eigenvalue weighted by molar-refractivity contribution is 5.92. The fraction of sp³-hybridized carbons (Fsp3) is 0.655. The number of nitrogens with zero attached hydrogens (tertiary/aromatic N) is 1. The first-order valence-corrected chi connectivity index (χ1v) is 13.9. The molecule has 0 aromatic heterocycles. The second-order valence-electron chi connectivity index (χ2n) is 11.2. The Morgan fingerprint density at radius 3 is 2.39 bits per heavy atom. The SMILES string of the molecule is CCCCN(C(=O)C(CCC(N)=O)NC(=O)OC(C)(C)C)C(C(=O)NC1CCCCC1)c1cccc(C)c1. The number of rotatable bonds is 12. The van der Waals surface area contributed by atoms with E-state index in [-0.39, 0.29) is 24.8 Å². The van der Waals surface area contributed by atoms with Crippen molar-refractivity contribution in [1.29, 1.82) is 0 Å². The number of primary amides is 1. The van der Waals surface area contributed by atoms with Gasteiger partial charge in [-0.1, -0.05) is 62.4 Å². The zero-order chi connectivity index (χ0) is 28.3. The molecule has 0 saturated heterocycles. The van der Waals surface area contributed by atoms with E-state index in [4.69, 9.17) is 10.5 Å². The minimum atomic E-state index is -1.08. The van der Waals surface area contributed by atoms with Crippen LogP contribution in [0.1, 0.15) is 103 Å². The van der Waals surface area contributed by atoms with Crippen LogP contribution in [0.5, 0.6) is 0 Å². The smallest absolute Gasteiger partial charge is 0.408 e. The molecule has 1 fully saturated rings. The molecule has 38 heavy (non-hydrogen) atoms. The summed E-state index contributed by atoms with van der Waals surface area (Å²) in [6, 6.07) is 5.68. The summed E-state index contributed by atoms with van der Waals surface area (Å²) in [5.74, 6) is -1.27. The van der Waals surface area contributed by atoms with Crippen molar-refractivity contribution in [3.63, 3.8) is 0 Å². The van der Waals surface area contributed by atoms with Gasteiger partial charge in [0.15, 0.2) is 0 Å². The van der Waals surface area contributed by atoms with E-state index in [0.29, 0.717) is 18.5 Å². The maximum atomic E-state index is 14.1. The quantitative estimate of drug-likeness (QED) is 0.371. The summed E-state index contributed by atoms with van der Waals surface area (Å²) >= 11 is 0. The summed E-state index contributed by atoms with van der Waals surface area (Å²) in [4.78, 5) is 53.7. The largest absolute Gasteiger partial charge is 0.444 e. The molecule has 1 aromatic carbocycles. The van der Waals surface area contributed by atoms with E-state index in [9.17, 15) is 19.2 Å². The number of aryl methyl sites for hydroxylation is 1. The van der Waals surface area contributed by atoms with Gasteiger partial charge in [0.1, 0.15) is 17.7 Å². The number of amides is 4. The van der Waals surface area contributed by atoms with Gasteiger partial charge in [-0.15, -0.1) is 0 Å². The van der Waals surface area contributed by atoms with Crippen LogP contribution in [0.2, 0.25) is 0 Å². The first kappa shape index (κ1) is 31.1. The van der Waals surface area contributed by atoms with Gasteiger partial charge < -0.3 is 26.0 Å². The summed E-state index contributed by atoms with van der Waals surface area (Å²) in [6.07, 6.45) is 5.72. The maximum Gasteiger partial charge on any atom is 0.408 e. The molecule has 2 unspecified atom stereocenters. The van der Waals surface area contributed by atoms with Crippen LogP contribution in [0.4, 0.5) is 4.79 Å². The van der Waals surface area contributed by atoms with Gasteiger partial charge in [0, 0.05) is 19.0 Å². The minimum absolute atomic E-state index is 0.000810. The molecule has 1 aliphatic carbocycles. The van der Waals surface area contributed by atoms with Gasteiger partial charge in [-0.25, -0.2) is 4.79 Å². The van der Waals surface area contributed by atoms with Crippen LogP contribution in [0, 0.1) is 6.92 Å². The van der Waals surface area contributed by atoms with Crippen LogP contribution in [0.25, 0.3) is 0 Å². The van der Waals surface area contributed by atoms with Gasteiger partial charge in [0.05, 0.1) is 0 Å². The lowest BCUT2D eigenvalue weighted by molar-refractivity contribution is -0.143. The zero-order valence-electron chi connectivity index (χ0n) is 23.7. The number of hydrogen-bond acceptors (Lipinski definition) is 5. The predicted octanol–water partition coefficient (Wildman–Crippen LogP) is 4.27. The highest BCUT2D eigenvalue weighted by atomic mass is 16.6. The van der Waals surface area contributed by atoms with Gasteiger partial charge in [0.25, 0.3) is 0 Å².